The molecule has 0 aliphatic rings. The Labute approximate surface area is 118 Å². The van der Waals surface area contributed by atoms with Gasteiger partial charge in [0.2, 0.25) is 0 Å². The molecule has 1 heterocycles. The fraction of sp³-hybridized carbons (Fsp3) is 0.533. The van der Waals surface area contributed by atoms with E-state index in [1.165, 1.54) is 18.6 Å². The van der Waals surface area contributed by atoms with Crippen LogP contribution >= 0.6 is 11.6 Å². The van der Waals surface area contributed by atoms with Gasteiger partial charge in [0, 0.05) is 24.9 Å². The molecular weight excluding hydrogens is 263 g/mol. The Morgan fingerprint density at radius 1 is 1.37 bits per heavy atom. The second-order valence-corrected chi connectivity index (χ2v) is 5.67. The summed E-state index contributed by atoms with van der Waals surface area (Å²) in [5, 5.41) is 0. The lowest BCUT2D eigenvalue weighted by Crippen LogP contribution is -2.05. The van der Waals surface area contributed by atoms with Gasteiger partial charge in [-0.3, -0.25) is 0 Å². The number of hydrogen-bond donors (Lipinski definition) is 0. The quantitative estimate of drug-likeness (QED) is 0.719. The zero-order valence-corrected chi connectivity index (χ0v) is 12.3. The Balaban J connectivity index is 2.29. The van der Waals surface area contributed by atoms with Gasteiger partial charge >= 0.3 is 0 Å². The van der Waals surface area contributed by atoms with Crippen LogP contribution in [0.2, 0.25) is 0 Å². The van der Waals surface area contributed by atoms with Crippen molar-refractivity contribution in [2.24, 2.45) is 5.92 Å². The number of fused-ring (bicyclic) bond motifs is 1. The Hall–Kier alpha value is -1.09. The summed E-state index contributed by atoms with van der Waals surface area (Å²) in [6.07, 6.45) is 3.01. The molecule has 0 aliphatic heterocycles. The average Bonchev–Trinajstić information content (AvgIpc) is 2.66. The highest BCUT2D eigenvalue weighted by Gasteiger charge is 2.11. The molecule has 19 heavy (non-hydrogen) atoms. The number of hydrogen-bond acceptors (Lipinski definition) is 1. The van der Waals surface area contributed by atoms with Crippen molar-refractivity contribution in [3.05, 3.63) is 29.8 Å². The first-order valence-electron chi connectivity index (χ1n) is 6.82. The molecule has 0 saturated carbocycles. The van der Waals surface area contributed by atoms with E-state index in [0.29, 0.717) is 11.8 Å². The van der Waals surface area contributed by atoms with Gasteiger partial charge < -0.3 is 4.57 Å². The lowest BCUT2D eigenvalue weighted by molar-refractivity contribution is 0.510. The molecular formula is C15H20ClFN2. The predicted molar refractivity (Wildman–Crippen MR) is 78.2 cm³/mol. The van der Waals surface area contributed by atoms with Crippen LogP contribution in [0, 0.1) is 11.7 Å². The molecule has 0 amide bonds. The Morgan fingerprint density at radius 2 is 2.16 bits per heavy atom. The first-order chi connectivity index (χ1) is 9.11. The summed E-state index contributed by atoms with van der Waals surface area (Å²) in [5.74, 6) is 1.95. The lowest BCUT2D eigenvalue weighted by Gasteiger charge is -2.09. The van der Waals surface area contributed by atoms with Crippen LogP contribution in [0.15, 0.2) is 18.2 Å². The highest BCUT2D eigenvalue weighted by atomic mass is 35.5. The molecule has 104 valence electrons. The third kappa shape index (κ3) is 3.47. The van der Waals surface area contributed by atoms with E-state index in [9.17, 15) is 4.39 Å². The van der Waals surface area contributed by atoms with Gasteiger partial charge in [-0.25, -0.2) is 9.37 Å². The van der Waals surface area contributed by atoms with Crippen LogP contribution in [-0.2, 0) is 13.0 Å². The summed E-state index contributed by atoms with van der Waals surface area (Å²) in [7, 11) is 0. The summed E-state index contributed by atoms with van der Waals surface area (Å²) in [5.41, 5.74) is 1.73. The molecule has 0 spiro atoms. The van der Waals surface area contributed by atoms with Crippen molar-refractivity contribution in [1.29, 1.82) is 0 Å². The molecule has 1 aromatic heterocycles. The third-order valence-electron chi connectivity index (χ3n) is 3.27. The molecule has 0 fully saturated rings. The molecule has 0 saturated heterocycles. The minimum absolute atomic E-state index is 0.239. The molecule has 4 heteroatoms. The smallest absolute Gasteiger partial charge is 0.125 e. The van der Waals surface area contributed by atoms with E-state index in [4.69, 9.17) is 11.6 Å². The molecule has 0 atom stereocenters. The van der Waals surface area contributed by atoms with Gasteiger partial charge in [0.1, 0.15) is 11.6 Å². The van der Waals surface area contributed by atoms with E-state index in [2.05, 4.69) is 23.4 Å². The number of halogens is 2. The van der Waals surface area contributed by atoms with Crippen LogP contribution in [0.25, 0.3) is 11.0 Å². The number of imidazole rings is 1. The van der Waals surface area contributed by atoms with Crippen LogP contribution in [0.4, 0.5) is 4.39 Å². The molecule has 0 aliphatic carbocycles. The van der Waals surface area contributed by atoms with Crippen molar-refractivity contribution in [1.82, 2.24) is 9.55 Å². The topological polar surface area (TPSA) is 17.8 Å². The van der Waals surface area contributed by atoms with Gasteiger partial charge in [0.25, 0.3) is 0 Å². The lowest BCUT2D eigenvalue weighted by atomic mass is 10.1. The van der Waals surface area contributed by atoms with Crippen molar-refractivity contribution in [2.45, 2.75) is 39.7 Å². The highest BCUT2D eigenvalue weighted by Crippen LogP contribution is 2.19. The summed E-state index contributed by atoms with van der Waals surface area (Å²) in [4.78, 5) is 4.50. The van der Waals surface area contributed by atoms with Gasteiger partial charge in [0.05, 0.1) is 11.0 Å². The van der Waals surface area contributed by atoms with Gasteiger partial charge in [-0.05, 0) is 30.9 Å². The number of aromatic nitrogens is 2. The van der Waals surface area contributed by atoms with Crippen LogP contribution in [-0.4, -0.2) is 15.4 Å². The van der Waals surface area contributed by atoms with E-state index in [1.807, 2.05) is 6.07 Å². The maximum atomic E-state index is 13.2. The van der Waals surface area contributed by atoms with Gasteiger partial charge in [-0.1, -0.05) is 13.8 Å². The maximum absolute atomic E-state index is 13.2. The number of rotatable bonds is 6. The van der Waals surface area contributed by atoms with Crippen molar-refractivity contribution in [3.8, 4) is 0 Å². The van der Waals surface area contributed by atoms with Crippen molar-refractivity contribution in [3.63, 3.8) is 0 Å². The Kier molecular flexibility index (Phi) is 4.81. The Morgan fingerprint density at radius 3 is 2.84 bits per heavy atom. The van der Waals surface area contributed by atoms with Crippen molar-refractivity contribution in [2.75, 3.05) is 5.88 Å². The van der Waals surface area contributed by atoms with Gasteiger partial charge in [0.15, 0.2) is 0 Å². The fourth-order valence-electron chi connectivity index (χ4n) is 2.34. The first kappa shape index (κ1) is 14.3. The van der Waals surface area contributed by atoms with E-state index in [-0.39, 0.29) is 5.82 Å². The van der Waals surface area contributed by atoms with Crippen LogP contribution in [0.5, 0.6) is 0 Å². The highest BCUT2D eigenvalue weighted by molar-refractivity contribution is 6.17. The fourth-order valence-corrected chi connectivity index (χ4v) is 2.50. The van der Waals surface area contributed by atoms with E-state index >= 15 is 0 Å². The number of benzene rings is 1. The average molecular weight is 283 g/mol. The second-order valence-electron chi connectivity index (χ2n) is 5.29. The molecule has 2 nitrogen and oxygen atoms in total. The molecule has 0 N–H and O–H groups in total. The predicted octanol–water partition coefficient (Wildman–Crippen LogP) is 4.39. The van der Waals surface area contributed by atoms with Crippen LogP contribution in [0.1, 0.15) is 32.5 Å². The van der Waals surface area contributed by atoms with Gasteiger partial charge in [-0.15, -0.1) is 11.6 Å². The van der Waals surface area contributed by atoms with Crippen LogP contribution in [0.3, 0.4) is 0 Å². The van der Waals surface area contributed by atoms with E-state index in [0.717, 1.165) is 36.2 Å². The number of nitrogens with zero attached hydrogens (tertiary/aromatic N) is 2. The second kappa shape index (κ2) is 6.38. The van der Waals surface area contributed by atoms with E-state index < -0.39 is 0 Å². The third-order valence-corrected chi connectivity index (χ3v) is 3.46. The zero-order valence-electron chi connectivity index (χ0n) is 11.5. The minimum atomic E-state index is -0.239. The summed E-state index contributed by atoms with van der Waals surface area (Å²) in [6, 6.07) is 4.80. The normalized spacial score (nSPS) is 11.6. The minimum Gasteiger partial charge on any atom is -0.328 e. The summed E-state index contributed by atoms with van der Waals surface area (Å²) >= 11 is 5.82. The van der Waals surface area contributed by atoms with Gasteiger partial charge in [-0.2, -0.15) is 0 Å². The Bertz CT molecular complexity index is 548. The number of alkyl halides is 1. The van der Waals surface area contributed by atoms with Crippen molar-refractivity contribution < 1.29 is 4.39 Å². The molecule has 0 radical (unpaired) electrons. The monoisotopic (exact) mass is 282 g/mol. The summed E-state index contributed by atoms with van der Waals surface area (Å²) in [6.45, 7) is 5.37. The maximum Gasteiger partial charge on any atom is 0.125 e. The van der Waals surface area contributed by atoms with Crippen LogP contribution < -0.4 is 0 Å². The van der Waals surface area contributed by atoms with Crippen molar-refractivity contribution >= 4 is 22.6 Å². The zero-order chi connectivity index (χ0) is 13.8. The largest absolute Gasteiger partial charge is 0.328 e. The first-order valence-corrected chi connectivity index (χ1v) is 7.36. The SMILES string of the molecule is CC(C)CCCn1c(CCCl)nc2cc(F)ccc21. The molecule has 2 rings (SSSR count). The standard InChI is InChI=1S/C15H20ClFN2/c1-11(2)4-3-9-19-14-6-5-12(17)10-13(14)18-15(19)7-8-16/h5-6,10-11H,3-4,7-9H2,1-2H3. The molecule has 2 aromatic rings. The van der Waals surface area contributed by atoms with E-state index in [1.54, 1.807) is 0 Å². The molecule has 0 bridgehead atoms. The number of aryl methyl sites for hydroxylation is 2. The molecule has 0 unspecified atom stereocenters. The summed E-state index contributed by atoms with van der Waals surface area (Å²) < 4.78 is 15.4. The molecule has 1 aromatic carbocycles.